The van der Waals surface area contributed by atoms with Gasteiger partial charge in [-0.2, -0.15) is 0 Å². The summed E-state index contributed by atoms with van der Waals surface area (Å²) >= 11 is 0. The van der Waals surface area contributed by atoms with E-state index in [0.717, 1.165) is 11.1 Å². The van der Waals surface area contributed by atoms with Gasteiger partial charge in [0, 0.05) is 11.6 Å². The van der Waals surface area contributed by atoms with Crippen molar-refractivity contribution in [1.82, 2.24) is 5.16 Å². The maximum absolute atomic E-state index is 12.9. The summed E-state index contributed by atoms with van der Waals surface area (Å²) in [4.78, 5) is 23.9. The third-order valence-corrected chi connectivity index (χ3v) is 3.92. The van der Waals surface area contributed by atoms with E-state index in [1.54, 1.807) is 6.07 Å². The largest absolute Gasteiger partial charge is 0.479 e. The number of benzene rings is 2. The van der Waals surface area contributed by atoms with Gasteiger partial charge in [-0.15, -0.1) is 0 Å². The summed E-state index contributed by atoms with van der Waals surface area (Å²) in [5.41, 5.74) is 2.53. The number of anilines is 1. The molecule has 1 N–H and O–H groups in total. The van der Waals surface area contributed by atoms with E-state index in [1.807, 2.05) is 31.2 Å². The van der Waals surface area contributed by atoms with Gasteiger partial charge in [0.05, 0.1) is 0 Å². The van der Waals surface area contributed by atoms with Crippen LogP contribution in [0.15, 0.2) is 59.1 Å². The molecule has 150 valence electrons. The summed E-state index contributed by atoms with van der Waals surface area (Å²) in [5, 5.41) is 6.37. The minimum absolute atomic E-state index is 0.136. The Morgan fingerprint density at radius 2 is 1.83 bits per heavy atom. The number of hydrogen-bond donors (Lipinski definition) is 1. The Morgan fingerprint density at radius 1 is 1.14 bits per heavy atom. The van der Waals surface area contributed by atoms with Crippen LogP contribution in [0.4, 0.5) is 10.3 Å². The van der Waals surface area contributed by atoms with Gasteiger partial charge in [-0.3, -0.25) is 10.1 Å². The lowest BCUT2D eigenvalue weighted by atomic mass is 10.1. The molecule has 0 aliphatic rings. The van der Waals surface area contributed by atoms with Crippen LogP contribution in [0.3, 0.4) is 0 Å². The van der Waals surface area contributed by atoms with Crippen LogP contribution in [0.1, 0.15) is 12.5 Å². The van der Waals surface area contributed by atoms with Gasteiger partial charge in [-0.1, -0.05) is 35.0 Å². The maximum Gasteiger partial charge on any atom is 0.347 e. The number of rotatable bonds is 7. The Balaban J connectivity index is 1.47. The molecular formula is C21H19FN2O5. The Hall–Kier alpha value is -3.68. The predicted molar refractivity (Wildman–Crippen MR) is 103 cm³/mol. The molecule has 3 aromatic rings. The molecule has 1 heterocycles. The monoisotopic (exact) mass is 398 g/mol. The summed E-state index contributed by atoms with van der Waals surface area (Å²) in [6.07, 6.45) is -0.966. The fourth-order valence-corrected chi connectivity index (χ4v) is 2.39. The van der Waals surface area contributed by atoms with Gasteiger partial charge in [0.2, 0.25) is 5.88 Å². The fourth-order valence-electron chi connectivity index (χ4n) is 2.39. The van der Waals surface area contributed by atoms with Gasteiger partial charge in [0.15, 0.2) is 12.7 Å². The highest BCUT2D eigenvalue weighted by atomic mass is 19.1. The third kappa shape index (κ3) is 5.65. The molecule has 29 heavy (non-hydrogen) atoms. The minimum atomic E-state index is -0.966. The molecule has 1 amide bonds. The second-order valence-corrected chi connectivity index (χ2v) is 6.31. The average molecular weight is 398 g/mol. The molecule has 7 nitrogen and oxygen atoms in total. The van der Waals surface area contributed by atoms with Crippen molar-refractivity contribution in [3.63, 3.8) is 0 Å². The number of nitrogens with one attached hydrogen (secondary N) is 1. The number of amides is 1. The molecule has 0 radical (unpaired) electrons. The number of hydrogen-bond acceptors (Lipinski definition) is 6. The van der Waals surface area contributed by atoms with Crippen LogP contribution in [0.25, 0.3) is 11.3 Å². The van der Waals surface area contributed by atoms with E-state index in [0.29, 0.717) is 11.4 Å². The lowest BCUT2D eigenvalue weighted by Crippen LogP contribution is -2.29. The summed E-state index contributed by atoms with van der Waals surface area (Å²) in [7, 11) is 0. The molecule has 8 heteroatoms. The molecule has 3 rings (SSSR count). The van der Waals surface area contributed by atoms with Crippen LogP contribution in [-0.4, -0.2) is 29.7 Å². The van der Waals surface area contributed by atoms with Crippen LogP contribution in [0, 0.1) is 12.7 Å². The Labute approximate surface area is 166 Å². The molecule has 0 unspecified atom stereocenters. The molecule has 0 saturated heterocycles. The standard InChI is InChI=1S/C21H19FN2O5/c1-13-3-5-15(6-4-13)18-11-20(29-24-18)23-19(25)12-27-21(26)14(2)28-17-9-7-16(22)8-10-17/h3-11,14H,12H2,1-2H3,(H,23,25)/t14-/m1/s1. The lowest BCUT2D eigenvalue weighted by Gasteiger charge is -2.13. The van der Waals surface area contributed by atoms with E-state index >= 15 is 0 Å². The number of aromatic nitrogens is 1. The van der Waals surface area contributed by atoms with Gasteiger partial charge in [0.1, 0.15) is 17.3 Å². The number of halogens is 1. The van der Waals surface area contributed by atoms with Crippen LogP contribution < -0.4 is 10.1 Å². The zero-order valence-corrected chi connectivity index (χ0v) is 15.8. The van der Waals surface area contributed by atoms with Crippen molar-refractivity contribution in [1.29, 1.82) is 0 Å². The summed E-state index contributed by atoms with van der Waals surface area (Å²) in [5.74, 6) is -1.29. The van der Waals surface area contributed by atoms with Crippen molar-refractivity contribution >= 4 is 17.8 Å². The number of carbonyl (C=O) groups excluding carboxylic acids is 2. The Kier molecular flexibility index (Phi) is 6.23. The molecule has 1 atom stereocenters. The van der Waals surface area contributed by atoms with E-state index < -0.39 is 30.4 Å². The fraction of sp³-hybridized carbons (Fsp3) is 0.190. The van der Waals surface area contributed by atoms with Crippen molar-refractivity contribution < 1.29 is 28.0 Å². The number of ether oxygens (including phenoxy) is 2. The van der Waals surface area contributed by atoms with Crippen molar-refractivity contribution in [2.24, 2.45) is 0 Å². The van der Waals surface area contributed by atoms with Crippen LogP contribution >= 0.6 is 0 Å². The highest BCUT2D eigenvalue weighted by molar-refractivity contribution is 5.92. The second kappa shape index (κ2) is 9.01. The maximum atomic E-state index is 12.9. The zero-order chi connectivity index (χ0) is 20.8. The van der Waals surface area contributed by atoms with Crippen molar-refractivity contribution in [3.05, 3.63) is 66.0 Å². The van der Waals surface area contributed by atoms with E-state index in [2.05, 4.69) is 10.5 Å². The van der Waals surface area contributed by atoms with Crippen molar-refractivity contribution in [3.8, 4) is 17.0 Å². The summed E-state index contributed by atoms with van der Waals surface area (Å²) in [6.45, 7) is 2.93. The van der Waals surface area contributed by atoms with E-state index in [1.165, 1.54) is 31.2 Å². The quantitative estimate of drug-likeness (QED) is 0.610. The molecular weight excluding hydrogens is 379 g/mol. The number of aryl methyl sites for hydroxylation is 1. The second-order valence-electron chi connectivity index (χ2n) is 6.31. The van der Waals surface area contributed by atoms with E-state index in [9.17, 15) is 14.0 Å². The average Bonchev–Trinajstić information content (AvgIpc) is 3.16. The number of carbonyl (C=O) groups is 2. The Morgan fingerprint density at radius 3 is 2.52 bits per heavy atom. The van der Waals surface area contributed by atoms with Crippen molar-refractivity contribution in [2.75, 3.05) is 11.9 Å². The summed E-state index contributed by atoms with van der Waals surface area (Å²) < 4.78 is 28.2. The van der Waals surface area contributed by atoms with E-state index in [-0.39, 0.29) is 5.88 Å². The molecule has 0 aliphatic carbocycles. The number of nitrogens with zero attached hydrogens (tertiary/aromatic N) is 1. The first-order valence-corrected chi connectivity index (χ1v) is 8.83. The topological polar surface area (TPSA) is 90.7 Å². The lowest BCUT2D eigenvalue weighted by molar-refractivity contribution is -0.153. The normalized spacial score (nSPS) is 11.6. The molecule has 0 fully saturated rings. The van der Waals surface area contributed by atoms with Gasteiger partial charge >= 0.3 is 5.97 Å². The molecule has 0 aliphatic heterocycles. The molecule has 0 saturated carbocycles. The van der Waals surface area contributed by atoms with Gasteiger partial charge in [0.25, 0.3) is 5.91 Å². The highest BCUT2D eigenvalue weighted by Crippen LogP contribution is 2.22. The summed E-state index contributed by atoms with van der Waals surface area (Å²) in [6, 6.07) is 14.4. The predicted octanol–water partition coefficient (Wildman–Crippen LogP) is 3.74. The van der Waals surface area contributed by atoms with Crippen LogP contribution in [0.5, 0.6) is 5.75 Å². The molecule has 1 aromatic heterocycles. The van der Waals surface area contributed by atoms with Crippen molar-refractivity contribution in [2.45, 2.75) is 20.0 Å². The third-order valence-electron chi connectivity index (χ3n) is 3.92. The molecule has 2 aromatic carbocycles. The van der Waals surface area contributed by atoms with Gasteiger partial charge in [-0.05, 0) is 38.1 Å². The first-order valence-electron chi connectivity index (χ1n) is 8.83. The number of esters is 1. The van der Waals surface area contributed by atoms with Crippen LogP contribution in [0.2, 0.25) is 0 Å². The van der Waals surface area contributed by atoms with Gasteiger partial charge < -0.3 is 14.0 Å². The highest BCUT2D eigenvalue weighted by Gasteiger charge is 2.18. The van der Waals surface area contributed by atoms with Crippen LogP contribution in [-0.2, 0) is 14.3 Å². The molecule has 0 bridgehead atoms. The smallest absolute Gasteiger partial charge is 0.347 e. The zero-order valence-electron chi connectivity index (χ0n) is 15.8. The SMILES string of the molecule is Cc1ccc(-c2cc(NC(=O)COC(=O)[C@@H](C)Oc3ccc(F)cc3)on2)cc1. The minimum Gasteiger partial charge on any atom is -0.479 e. The Bertz CT molecular complexity index is 983. The molecule has 0 spiro atoms. The van der Waals surface area contributed by atoms with Gasteiger partial charge in [-0.25, -0.2) is 9.18 Å². The van der Waals surface area contributed by atoms with E-state index in [4.69, 9.17) is 14.0 Å². The first kappa shape index (κ1) is 20.1. The first-order chi connectivity index (χ1) is 13.9.